The van der Waals surface area contributed by atoms with Crippen molar-refractivity contribution in [1.82, 2.24) is 25.5 Å². The molecule has 2 aromatic rings. The molecule has 0 unspecified atom stereocenters. The number of H-pyrrole nitrogens is 2. The second kappa shape index (κ2) is 5.22. The molecule has 8 nitrogen and oxygen atoms in total. The van der Waals surface area contributed by atoms with Gasteiger partial charge >= 0.3 is 0 Å². The molecule has 0 spiro atoms. The van der Waals surface area contributed by atoms with Gasteiger partial charge in [-0.3, -0.25) is 19.7 Å². The van der Waals surface area contributed by atoms with E-state index in [1.165, 1.54) is 6.07 Å². The van der Waals surface area contributed by atoms with Crippen LogP contribution in [0.5, 0.6) is 0 Å². The van der Waals surface area contributed by atoms with Gasteiger partial charge in [0.25, 0.3) is 11.5 Å². The molecule has 0 bridgehead atoms. The third-order valence-corrected chi connectivity index (χ3v) is 4.69. The summed E-state index contributed by atoms with van der Waals surface area (Å²) >= 11 is 0. The lowest BCUT2D eigenvalue weighted by Gasteiger charge is -2.35. The number of rotatable bonds is 3. The summed E-state index contributed by atoms with van der Waals surface area (Å²) in [6.07, 6.45) is 4.47. The van der Waals surface area contributed by atoms with Crippen molar-refractivity contribution in [3.63, 3.8) is 0 Å². The molecular weight excluding hydrogens is 296 g/mol. The fraction of sp³-hybridized carbons (Fsp3) is 0.467. The monoisotopic (exact) mass is 314 g/mol. The molecular formula is C15H18N6O2. The molecule has 8 heteroatoms. The lowest BCUT2D eigenvalue weighted by Crippen LogP contribution is -2.44. The predicted molar refractivity (Wildman–Crippen MR) is 83.1 cm³/mol. The average Bonchev–Trinajstić information content (AvgIpc) is 3.03. The van der Waals surface area contributed by atoms with Gasteiger partial charge in [0.2, 0.25) is 5.95 Å². The van der Waals surface area contributed by atoms with Crippen LogP contribution in [0, 0.1) is 0 Å². The smallest absolute Gasteiger partial charge is 0.272 e. The number of aromatic amines is 2. The van der Waals surface area contributed by atoms with E-state index in [1.54, 1.807) is 0 Å². The summed E-state index contributed by atoms with van der Waals surface area (Å²) in [5.41, 5.74) is 8.68. The van der Waals surface area contributed by atoms with Crippen molar-refractivity contribution in [2.45, 2.75) is 44.1 Å². The van der Waals surface area contributed by atoms with Crippen molar-refractivity contribution in [2.24, 2.45) is 0 Å². The van der Waals surface area contributed by atoms with E-state index in [9.17, 15) is 9.59 Å². The third kappa shape index (κ3) is 2.49. The number of nitrogens with zero attached hydrogens (tertiary/aromatic N) is 2. The topological polar surface area (TPSA) is 130 Å². The Labute approximate surface area is 131 Å². The van der Waals surface area contributed by atoms with Crippen molar-refractivity contribution in [3.05, 3.63) is 39.1 Å². The molecule has 0 aromatic carbocycles. The normalized spacial score (nSPS) is 22.4. The number of carbonyl (C=O) groups excluding carboxylic acids is 1. The van der Waals surface area contributed by atoms with Gasteiger partial charge in [0.15, 0.2) is 5.69 Å². The first-order valence-electron chi connectivity index (χ1n) is 7.84. The summed E-state index contributed by atoms with van der Waals surface area (Å²) in [4.78, 5) is 30.3. The minimum absolute atomic E-state index is 0.0866. The Morgan fingerprint density at radius 3 is 2.96 bits per heavy atom. The number of amides is 1. The molecule has 0 saturated heterocycles. The van der Waals surface area contributed by atoms with Gasteiger partial charge in [-0.1, -0.05) is 0 Å². The Morgan fingerprint density at radius 1 is 1.35 bits per heavy atom. The SMILES string of the molecule is Nc1nc(C2CC(NC(=O)c3n[nH]c4c3CCC4)C2)cc(=O)[nH]1. The van der Waals surface area contributed by atoms with Crippen LogP contribution in [0.25, 0.3) is 0 Å². The van der Waals surface area contributed by atoms with Gasteiger partial charge in [-0.15, -0.1) is 0 Å². The second-order valence-electron chi connectivity index (χ2n) is 6.28. The van der Waals surface area contributed by atoms with Crippen LogP contribution in [0.2, 0.25) is 0 Å². The van der Waals surface area contributed by atoms with Crippen molar-refractivity contribution in [1.29, 1.82) is 0 Å². The molecule has 2 aromatic heterocycles. The summed E-state index contributed by atoms with van der Waals surface area (Å²) in [5, 5.41) is 10.1. The Hall–Kier alpha value is -2.64. The molecule has 2 aliphatic carbocycles. The fourth-order valence-corrected chi connectivity index (χ4v) is 3.44. The van der Waals surface area contributed by atoms with Crippen molar-refractivity contribution >= 4 is 11.9 Å². The molecule has 1 fully saturated rings. The van der Waals surface area contributed by atoms with Gasteiger partial charge < -0.3 is 11.1 Å². The maximum Gasteiger partial charge on any atom is 0.272 e. The molecule has 0 aliphatic heterocycles. The molecule has 120 valence electrons. The van der Waals surface area contributed by atoms with E-state index in [1.807, 2.05) is 0 Å². The Bertz CT molecular complexity index is 818. The van der Waals surface area contributed by atoms with E-state index in [0.29, 0.717) is 11.4 Å². The molecule has 0 radical (unpaired) electrons. The number of nitrogens with one attached hydrogen (secondary N) is 3. The Morgan fingerprint density at radius 2 is 2.17 bits per heavy atom. The molecule has 2 heterocycles. The van der Waals surface area contributed by atoms with Crippen LogP contribution in [0.1, 0.15) is 52.6 Å². The number of nitrogen functional groups attached to an aromatic ring is 1. The van der Waals surface area contributed by atoms with Crippen LogP contribution in [-0.2, 0) is 12.8 Å². The highest BCUT2D eigenvalue weighted by molar-refractivity contribution is 5.94. The van der Waals surface area contributed by atoms with Gasteiger partial charge in [0, 0.05) is 29.3 Å². The standard InChI is InChI=1S/C15H18N6O2/c16-15-18-11(6-12(22)19-15)7-4-8(5-7)17-14(23)13-9-2-1-3-10(9)20-21-13/h6-8H,1-5H2,(H,17,23)(H,20,21)(H3,16,18,19,22). The van der Waals surface area contributed by atoms with Gasteiger partial charge in [-0.25, -0.2) is 4.98 Å². The molecule has 2 aliphatic rings. The number of hydrogen-bond acceptors (Lipinski definition) is 5. The molecule has 1 amide bonds. The number of fused-ring (bicyclic) bond motifs is 1. The Kier molecular flexibility index (Phi) is 3.17. The van der Waals surface area contributed by atoms with E-state index in [-0.39, 0.29) is 29.4 Å². The van der Waals surface area contributed by atoms with Crippen LogP contribution in [-0.4, -0.2) is 32.1 Å². The fourth-order valence-electron chi connectivity index (χ4n) is 3.44. The van der Waals surface area contributed by atoms with Crippen LogP contribution in [0.4, 0.5) is 5.95 Å². The molecule has 0 atom stereocenters. The van der Waals surface area contributed by atoms with Crippen LogP contribution < -0.4 is 16.6 Å². The highest BCUT2D eigenvalue weighted by Crippen LogP contribution is 2.35. The van der Waals surface area contributed by atoms with Crippen LogP contribution >= 0.6 is 0 Å². The van der Waals surface area contributed by atoms with E-state index < -0.39 is 0 Å². The number of nitrogens with two attached hydrogens (primary N) is 1. The van der Waals surface area contributed by atoms with Crippen molar-refractivity contribution in [3.8, 4) is 0 Å². The predicted octanol–water partition coefficient (Wildman–Crippen LogP) is 0.240. The minimum Gasteiger partial charge on any atom is -0.369 e. The van der Waals surface area contributed by atoms with Crippen molar-refractivity contribution < 1.29 is 4.79 Å². The third-order valence-electron chi connectivity index (χ3n) is 4.69. The first-order valence-corrected chi connectivity index (χ1v) is 7.84. The van der Waals surface area contributed by atoms with Gasteiger partial charge in [0.05, 0.1) is 5.69 Å². The summed E-state index contributed by atoms with van der Waals surface area (Å²) < 4.78 is 0. The minimum atomic E-state index is -0.243. The number of carbonyl (C=O) groups is 1. The van der Waals surface area contributed by atoms with E-state index in [2.05, 4.69) is 25.5 Å². The summed E-state index contributed by atoms with van der Waals surface area (Å²) in [6.45, 7) is 0. The first kappa shape index (κ1) is 14.0. The lowest BCUT2D eigenvalue weighted by atomic mass is 9.78. The molecule has 4 rings (SSSR count). The lowest BCUT2D eigenvalue weighted by molar-refractivity contribution is 0.0902. The zero-order valence-corrected chi connectivity index (χ0v) is 12.6. The van der Waals surface area contributed by atoms with E-state index in [4.69, 9.17) is 5.73 Å². The molecule has 5 N–H and O–H groups in total. The number of hydrogen-bond donors (Lipinski definition) is 4. The maximum absolute atomic E-state index is 12.3. The zero-order valence-electron chi connectivity index (χ0n) is 12.6. The Balaban J connectivity index is 1.39. The zero-order chi connectivity index (χ0) is 16.0. The van der Waals surface area contributed by atoms with Gasteiger partial charge in [-0.05, 0) is 32.1 Å². The maximum atomic E-state index is 12.3. The first-order chi connectivity index (χ1) is 11.1. The molecule has 23 heavy (non-hydrogen) atoms. The van der Waals surface area contributed by atoms with E-state index in [0.717, 1.165) is 43.4 Å². The van der Waals surface area contributed by atoms with Gasteiger partial charge in [-0.2, -0.15) is 5.10 Å². The second-order valence-corrected chi connectivity index (χ2v) is 6.28. The van der Waals surface area contributed by atoms with Crippen LogP contribution in [0.3, 0.4) is 0 Å². The number of aromatic nitrogens is 4. The highest BCUT2D eigenvalue weighted by atomic mass is 16.2. The van der Waals surface area contributed by atoms with Crippen LogP contribution in [0.15, 0.2) is 10.9 Å². The highest BCUT2D eigenvalue weighted by Gasteiger charge is 2.34. The number of aryl methyl sites for hydroxylation is 1. The van der Waals surface area contributed by atoms with Crippen molar-refractivity contribution in [2.75, 3.05) is 5.73 Å². The molecule has 1 saturated carbocycles. The van der Waals surface area contributed by atoms with Gasteiger partial charge in [0.1, 0.15) is 0 Å². The average molecular weight is 314 g/mol. The summed E-state index contributed by atoms with van der Waals surface area (Å²) in [7, 11) is 0. The summed E-state index contributed by atoms with van der Waals surface area (Å²) in [5.74, 6) is 0.174. The van der Waals surface area contributed by atoms with E-state index >= 15 is 0 Å². The largest absolute Gasteiger partial charge is 0.369 e. The summed E-state index contributed by atoms with van der Waals surface area (Å²) in [6, 6.07) is 1.56. The quantitative estimate of drug-likeness (QED) is 0.645. The number of anilines is 1.